The monoisotopic (exact) mass is 380 g/mol. The van der Waals surface area contributed by atoms with E-state index in [0.29, 0.717) is 5.13 Å². The SMILES string of the molecule is CCN(CCBr)c1ccc(N=Nc2nc(C)c(C)s2)c(C)c1. The summed E-state index contributed by atoms with van der Waals surface area (Å²) >= 11 is 5.07. The molecule has 0 unspecified atom stereocenters. The van der Waals surface area contributed by atoms with Gasteiger partial charge in [-0.1, -0.05) is 27.3 Å². The molecule has 2 rings (SSSR count). The standard InChI is InChI=1S/C16H21BrN4S/c1-5-21(9-8-17)14-6-7-15(11(2)10-14)19-20-16-18-12(3)13(4)22-16/h6-7,10H,5,8-9H2,1-4H3. The summed E-state index contributed by atoms with van der Waals surface area (Å²) in [6, 6.07) is 6.29. The lowest BCUT2D eigenvalue weighted by Gasteiger charge is -2.22. The van der Waals surface area contributed by atoms with Crippen molar-refractivity contribution >= 4 is 43.8 Å². The summed E-state index contributed by atoms with van der Waals surface area (Å²) in [5.74, 6) is 0. The van der Waals surface area contributed by atoms with Crippen molar-refractivity contribution in [2.75, 3.05) is 23.3 Å². The molecule has 1 aromatic carbocycles. The molecule has 0 amide bonds. The van der Waals surface area contributed by atoms with Crippen LogP contribution in [0.3, 0.4) is 0 Å². The second-order valence-corrected chi connectivity index (χ2v) is 7.05. The zero-order valence-corrected chi connectivity index (χ0v) is 15.8. The van der Waals surface area contributed by atoms with Gasteiger partial charge >= 0.3 is 0 Å². The van der Waals surface area contributed by atoms with Crippen molar-refractivity contribution in [2.45, 2.75) is 27.7 Å². The number of hydrogen-bond donors (Lipinski definition) is 0. The van der Waals surface area contributed by atoms with Gasteiger partial charge in [0.05, 0.1) is 11.4 Å². The molecule has 0 spiro atoms. The molecule has 118 valence electrons. The van der Waals surface area contributed by atoms with Crippen molar-refractivity contribution in [1.82, 2.24) is 4.98 Å². The quantitative estimate of drug-likeness (QED) is 0.475. The van der Waals surface area contributed by atoms with Crippen LogP contribution in [0.15, 0.2) is 28.4 Å². The van der Waals surface area contributed by atoms with E-state index < -0.39 is 0 Å². The lowest BCUT2D eigenvalue weighted by Crippen LogP contribution is -2.24. The molecule has 0 aliphatic heterocycles. The summed E-state index contributed by atoms with van der Waals surface area (Å²) in [4.78, 5) is 7.90. The molecule has 0 saturated carbocycles. The molecule has 0 N–H and O–H groups in total. The van der Waals surface area contributed by atoms with Crippen molar-refractivity contribution < 1.29 is 0 Å². The Kier molecular flexibility index (Phi) is 6.08. The van der Waals surface area contributed by atoms with Crippen molar-refractivity contribution in [3.8, 4) is 0 Å². The molecule has 1 heterocycles. The number of aryl methyl sites for hydroxylation is 3. The number of benzene rings is 1. The number of nitrogens with zero attached hydrogens (tertiary/aromatic N) is 4. The summed E-state index contributed by atoms with van der Waals surface area (Å²) in [5.41, 5.74) is 4.27. The van der Waals surface area contributed by atoms with Crippen LogP contribution >= 0.6 is 27.3 Å². The molecule has 1 aromatic heterocycles. The summed E-state index contributed by atoms with van der Waals surface area (Å²) in [7, 11) is 0. The lowest BCUT2D eigenvalue weighted by atomic mass is 10.1. The Labute approximate surface area is 144 Å². The van der Waals surface area contributed by atoms with Crippen LogP contribution in [0.25, 0.3) is 0 Å². The average molecular weight is 381 g/mol. The maximum absolute atomic E-state index is 4.38. The number of alkyl halides is 1. The van der Waals surface area contributed by atoms with Gasteiger partial charge in [-0.05, 0) is 51.5 Å². The molecule has 4 nitrogen and oxygen atoms in total. The van der Waals surface area contributed by atoms with Gasteiger partial charge in [0.1, 0.15) is 0 Å². The third-order valence-corrected chi connectivity index (χ3v) is 4.85. The van der Waals surface area contributed by atoms with Crippen molar-refractivity contribution in [3.63, 3.8) is 0 Å². The van der Waals surface area contributed by atoms with Crippen LogP contribution in [0.1, 0.15) is 23.1 Å². The van der Waals surface area contributed by atoms with E-state index in [4.69, 9.17) is 0 Å². The number of anilines is 1. The fourth-order valence-corrected chi connectivity index (χ4v) is 3.28. The number of halogens is 1. The summed E-state index contributed by atoms with van der Waals surface area (Å²) in [6.45, 7) is 10.3. The first-order chi connectivity index (χ1) is 10.5. The summed E-state index contributed by atoms with van der Waals surface area (Å²) in [6.07, 6.45) is 0. The Balaban J connectivity index is 2.19. The van der Waals surface area contributed by atoms with Crippen LogP contribution in [0, 0.1) is 20.8 Å². The molecule has 0 aliphatic rings. The highest BCUT2D eigenvalue weighted by molar-refractivity contribution is 9.09. The van der Waals surface area contributed by atoms with Crippen LogP contribution in [0.5, 0.6) is 0 Å². The predicted molar refractivity (Wildman–Crippen MR) is 98.6 cm³/mol. The van der Waals surface area contributed by atoms with E-state index in [9.17, 15) is 0 Å². The fourth-order valence-electron chi connectivity index (χ4n) is 2.12. The van der Waals surface area contributed by atoms with Gasteiger partial charge in [0.2, 0.25) is 5.13 Å². The van der Waals surface area contributed by atoms with Gasteiger partial charge in [-0.25, -0.2) is 4.98 Å². The molecule has 0 atom stereocenters. The molecule has 0 radical (unpaired) electrons. The minimum atomic E-state index is 0.716. The van der Waals surface area contributed by atoms with Gasteiger partial charge in [-0.3, -0.25) is 0 Å². The minimum absolute atomic E-state index is 0.716. The molecule has 22 heavy (non-hydrogen) atoms. The Morgan fingerprint density at radius 3 is 2.55 bits per heavy atom. The second kappa shape index (κ2) is 7.83. The largest absolute Gasteiger partial charge is 0.371 e. The van der Waals surface area contributed by atoms with E-state index >= 15 is 0 Å². The maximum Gasteiger partial charge on any atom is 0.230 e. The van der Waals surface area contributed by atoms with Crippen molar-refractivity contribution in [3.05, 3.63) is 34.3 Å². The van der Waals surface area contributed by atoms with Gasteiger partial charge in [0, 0.05) is 29.0 Å². The number of hydrogen-bond acceptors (Lipinski definition) is 5. The minimum Gasteiger partial charge on any atom is -0.371 e. The van der Waals surface area contributed by atoms with E-state index in [1.165, 1.54) is 10.6 Å². The molecular formula is C16H21BrN4S. The number of rotatable bonds is 6. The highest BCUT2D eigenvalue weighted by Crippen LogP contribution is 2.29. The normalized spacial score (nSPS) is 11.3. The lowest BCUT2D eigenvalue weighted by molar-refractivity contribution is 0.874. The van der Waals surface area contributed by atoms with Gasteiger partial charge in [-0.2, -0.15) is 0 Å². The van der Waals surface area contributed by atoms with Crippen LogP contribution in [-0.2, 0) is 0 Å². The Bertz CT molecular complexity index is 647. The molecular weight excluding hydrogens is 360 g/mol. The highest BCUT2D eigenvalue weighted by Gasteiger charge is 2.06. The number of thiazole rings is 1. The van der Waals surface area contributed by atoms with Crippen LogP contribution < -0.4 is 4.90 Å². The third kappa shape index (κ3) is 4.14. The van der Waals surface area contributed by atoms with E-state index in [2.05, 4.69) is 68.9 Å². The fraction of sp³-hybridized carbons (Fsp3) is 0.438. The van der Waals surface area contributed by atoms with Gasteiger partial charge in [0.15, 0.2) is 0 Å². The Morgan fingerprint density at radius 1 is 1.23 bits per heavy atom. The molecule has 0 fully saturated rings. The predicted octanol–water partition coefficient (Wildman–Crippen LogP) is 5.70. The van der Waals surface area contributed by atoms with E-state index in [0.717, 1.165) is 35.4 Å². The highest BCUT2D eigenvalue weighted by atomic mass is 79.9. The Hall–Kier alpha value is -1.27. The molecule has 0 bridgehead atoms. The first-order valence-electron chi connectivity index (χ1n) is 7.32. The summed E-state index contributed by atoms with van der Waals surface area (Å²) < 4.78 is 0. The average Bonchev–Trinajstić information content (AvgIpc) is 2.82. The number of azo groups is 1. The number of aromatic nitrogens is 1. The molecule has 0 saturated heterocycles. The van der Waals surface area contributed by atoms with E-state index in [1.807, 2.05) is 13.0 Å². The van der Waals surface area contributed by atoms with Crippen molar-refractivity contribution in [1.29, 1.82) is 0 Å². The van der Waals surface area contributed by atoms with Crippen LogP contribution in [-0.4, -0.2) is 23.4 Å². The first kappa shape index (κ1) is 17.1. The topological polar surface area (TPSA) is 40.9 Å². The first-order valence-corrected chi connectivity index (χ1v) is 9.26. The van der Waals surface area contributed by atoms with Crippen LogP contribution in [0.2, 0.25) is 0 Å². The smallest absolute Gasteiger partial charge is 0.230 e. The van der Waals surface area contributed by atoms with Crippen molar-refractivity contribution in [2.24, 2.45) is 10.2 Å². The molecule has 0 aliphatic carbocycles. The molecule has 2 aromatic rings. The van der Waals surface area contributed by atoms with Gasteiger partial charge in [0.25, 0.3) is 0 Å². The maximum atomic E-state index is 4.38. The third-order valence-electron chi connectivity index (χ3n) is 3.54. The zero-order chi connectivity index (χ0) is 16.1. The molecule has 6 heteroatoms. The van der Waals surface area contributed by atoms with Crippen LogP contribution in [0.4, 0.5) is 16.5 Å². The van der Waals surface area contributed by atoms with Gasteiger partial charge < -0.3 is 4.90 Å². The van der Waals surface area contributed by atoms with Gasteiger partial charge in [-0.15, -0.1) is 10.2 Å². The zero-order valence-electron chi connectivity index (χ0n) is 13.4. The summed E-state index contributed by atoms with van der Waals surface area (Å²) in [5, 5.41) is 10.3. The van der Waals surface area contributed by atoms with E-state index in [-0.39, 0.29) is 0 Å². The van der Waals surface area contributed by atoms with E-state index in [1.54, 1.807) is 11.3 Å². The Morgan fingerprint density at radius 2 is 2.00 bits per heavy atom. The second-order valence-electron chi connectivity index (χ2n) is 5.08.